The molecule has 0 aliphatic carbocycles. The third-order valence-electron chi connectivity index (χ3n) is 13.1. The largest absolute Gasteiger partial charge is 0.507 e. The Hall–Kier alpha value is -3.65. The fourth-order valence-electron chi connectivity index (χ4n) is 9.27. The van der Waals surface area contributed by atoms with Gasteiger partial charge in [0.15, 0.2) is 18.0 Å². The van der Waals surface area contributed by atoms with Crippen LogP contribution in [-0.4, -0.2) is 123 Å². The van der Waals surface area contributed by atoms with Crippen LogP contribution in [0.3, 0.4) is 0 Å². The Morgan fingerprint density at radius 2 is 1.54 bits per heavy atom. The molecule has 0 amide bonds. The Morgan fingerprint density at radius 1 is 0.847 bits per heavy atom. The third-order valence-corrected chi connectivity index (χ3v) is 13.1. The van der Waals surface area contributed by atoms with E-state index < -0.39 is 83.7 Å². The van der Waals surface area contributed by atoms with Crippen LogP contribution in [0.25, 0.3) is 32.5 Å². The summed E-state index contributed by atoms with van der Waals surface area (Å²) in [5.41, 5.74) is 4.70. The van der Waals surface area contributed by atoms with E-state index >= 15 is 0 Å². The fraction of sp³-hybridized carbons (Fsp3) is 0.605. The summed E-state index contributed by atoms with van der Waals surface area (Å²) in [4.78, 5) is 16.1. The van der Waals surface area contributed by atoms with E-state index in [0.29, 0.717) is 17.5 Å². The molecule has 0 radical (unpaired) electrons. The van der Waals surface area contributed by atoms with Crippen LogP contribution in [0.2, 0.25) is 0 Å². The molecular formula is C43H56N2O14. The van der Waals surface area contributed by atoms with Crippen molar-refractivity contribution in [2.24, 2.45) is 5.73 Å². The van der Waals surface area contributed by atoms with Gasteiger partial charge in [0, 0.05) is 46.8 Å². The SMILES string of the molecule is CC1OC(OC2C(C)OC(c3ccc4c(O)c5cc(COC6CC(C)(N)C(O)C(C)O6)c6c(=O)cc(C7(C)OC7C)oc6c5c(O)c4c3O)CC2N(C)C)CC(O)C1O. The van der Waals surface area contributed by atoms with Gasteiger partial charge in [-0.05, 0) is 79.8 Å². The lowest BCUT2D eigenvalue weighted by Gasteiger charge is -2.46. The average Bonchev–Trinajstić information content (AvgIpc) is 3.80. The number of epoxide rings is 1. The number of aromatic hydroxyl groups is 3. The van der Waals surface area contributed by atoms with Crippen LogP contribution in [0.4, 0.5) is 0 Å². The number of nitrogens with two attached hydrogens (primary N) is 1. The van der Waals surface area contributed by atoms with Crippen molar-refractivity contribution >= 4 is 32.5 Å². The number of phenols is 3. The average molecular weight is 825 g/mol. The zero-order chi connectivity index (χ0) is 42.6. The number of rotatable bonds is 8. The van der Waals surface area contributed by atoms with Gasteiger partial charge in [0.1, 0.15) is 46.4 Å². The van der Waals surface area contributed by atoms with E-state index in [1.54, 1.807) is 45.9 Å². The maximum Gasteiger partial charge on any atom is 0.193 e. The lowest BCUT2D eigenvalue weighted by molar-refractivity contribution is -0.287. The van der Waals surface area contributed by atoms with Gasteiger partial charge in [0.2, 0.25) is 0 Å². The molecule has 1 aromatic heterocycles. The standard InChI is InChI=1S/C43H56N2O14/c1-17-35(48)27(47)14-30(55-17)58-39-18(2)54-28(12-25(39)45(7)8)22-9-10-23-33(37(22)50)38(51)34-24(36(23)49)11-21(16-53-31-15-42(5,44)41(52)19(3)56-31)32-26(46)13-29(57-40(32)34)43(6)20(4)59-43/h9-11,13,17-20,25,27-28,30-31,35,39,41,47-52H,12,14-16,44H2,1-8H3. The van der Waals surface area contributed by atoms with Crippen LogP contribution in [0.1, 0.15) is 83.8 Å². The Bertz CT molecular complexity index is 2320. The van der Waals surface area contributed by atoms with Crippen molar-refractivity contribution in [3.8, 4) is 17.2 Å². The first-order chi connectivity index (χ1) is 27.7. The molecule has 0 saturated carbocycles. The monoisotopic (exact) mass is 824 g/mol. The molecule has 14 unspecified atom stereocenters. The number of ether oxygens (including phenoxy) is 6. The second-order valence-corrected chi connectivity index (χ2v) is 17.6. The van der Waals surface area contributed by atoms with Gasteiger partial charge in [-0.3, -0.25) is 4.79 Å². The van der Waals surface area contributed by atoms with Gasteiger partial charge in [-0.25, -0.2) is 0 Å². The smallest absolute Gasteiger partial charge is 0.193 e. The van der Waals surface area contributed by atoms with Crippen LogP contribution in [0.5, 0.6) is 17.2 Å². The lowest BCUT2D eigenvalue weighted by Crippen LogP contribution is -2.60. The van der Waals surface area contributed by atoms with Gasteiger partial charge in [0.25, 0.3) is 0 Å². The van der Waals surface area contributed by atoms with E-state index in [-0.39, 0.29) is 81.4 Å². The number of fused-ring (bicyclic) bond motifs is 4. The highest BCUT2D eigenvalue weighted by atomic mass is 16.7. The summed E-state index contributed by atoms with van der Waals surface area (Å²) in [6.07, 6.45) is -7.17. The molecule has 0 bridgehead atoms. The van der Waals surface area contributed by atoms with Crippen LogP contribution >= 0.6 is 0 Å². The summed E-state index contributed by atoms with van der Waals surface area (Å²) in [7, 11) is 3.80. The lowest BCUT2D eigenvalue weighted by atomic mass is 9.86. The minimum absolute atomic E-state index is 0.00354. The number of aliphatic hydroxyl groups excluding tert-OH is 3. The summed E-state index contributed by atoms with van der Waals surface area (Å²) in [5.74, 6) is -0.796. The Balaban J connectivity index is 1.20. The molecule has 16 nitrogen and oxygen atoms in total. The highest BCUT2D eigenvalue weighted by Crippen LogP contribution is 2.52. The van der Waals surface area contributed by atoms with Gasteiger partial charge in [0.05, 0.1) is 65.5 Å². The molecule has 4 aromatic rings. The van der Waals surface area contributed by atoms with E-state index in [0.717, 1.165) is 0 Å². The Morgan fingerprint density at radius 3 is 2.19 bits per heavy atom. The van der Waals surface area contributed by atoms with E-state index in [2.05, 4.69) is 0 Å². The van der Waals surface area contributed by atoms with Gasteiger partial charge in [-0.1, -0.05) is 6.07 Å². The summed E-state index contributed by atoms with van der Waals surface area (Å²) >= 11 is 0. The highest BCUT2D eigenvalue weighted by molar-refractivity contribution is 6.20. The molecule has 8 rings (SSSR count). The fourth-order valence-corrected chi connectivity index (χ4v) is 9.27. The molecule has 322 valence electrons. The summed E-state index contributed by atoms with van der Waals surface area (Å²) < 4.78 is 43.1. The molecule has 8 N–H and O–H groups in total. The number of aliphatic hydroxyl groups is 3. The normalized spacial score (nSPS) is 37.8. The zero-order valence-electron chi connectivity index (χ0n) is 34.5. The number of phenolic OH excluding ortho intramolecular Hbond substituents is 3. The molecule has 14 atom stereocenters. The Labute approximate surface area is 340 Å². The third kappa shape index (κ3) is 7.15. The van der Waals surface area contributed by atoms with Crippen LogP contribution < -0.4 is 11.2 Å². The number of likely N-dealkylation sites (N-methyl/N-ethyl adjacent to an activating group) is 1. The predicted octanol–water partition coefficient (Wildman–Crippen LogP) is 3.60. The van der Waals surface area contributed by atoms with Crippen molar-refractivity contribution in [1.29, 1.82) is 0 Å². The number of nitrogens with zero attached hydrogens (tertiary/aromatic N) is 1. The molecule has 0 spiro atoms. The minimum atomic E-state index is -1.02. The molecule has 59 heavy (non-hydrogen) atoms. The van der Waals surface area contributed by atoms with E-state index in [1.165, 1.54) is 6.07 Å². The van der Waals surface area contributed by atoms with Crippen molar-refractivity contribution in [3.05, 3.63) is 51.4 Å². The van der Waals surface area contributed by atoms with Crippen molar-refractivity contribution in [2.75, 3.05) is 14.1 Å². The maximum atomic E-state index is 14.1. The molecule has 5 heterocycles. The second-order valence-electron chi connectivity index (χ2n) is 17.6. The topological polar surface area (TPSA) is 240 Å². The summed E-state index contributed by atoms with van der Waals surface area (Å²) in [5, 5.41) is 67.7. The van der Waals surface area contributed by atoms with Crippen molar-refractivity contribution in [3.63, 3.8) is 0 Å². The van der Waals surface area contributed by atoms with Crippen LogP contribution in [0.15, 0.2) is 33.5 Å². The van der Waals surface area contributed by atoms with Gasteiger partial charge in [-0.15, -0.1) is 0 Å². The summed E-state index contributed by atoms with van der Waals surface area (Å²) in [6, 6.07) is 5.90. The van der Waals surface area contributed by atoms with Crippen molar-refractivity contribution < 1.29 is 63.5 Å². The van der Waals surface area contributed by atoms with Crippen LogP contribution in [0, 0.1) is 0 Å². The van der Waals surface area contributed by atoms with Crippen molar-refractivity contribution in [1.82, 2.24) is 4.90 Å². The number of benzene rings is 3. The minimum Gasteiger partial charge on any atom is -0.507 e. The Kier molecular flexibility index (Phi) is 10.7. The number of hydrogen-bond acceptors (Lipinski definition) is 16. The second kappa shape index (κ2) is 15.1. The highest BCUT2D eigenvalue weighted by Gasteiger charge is 2.53. The van der Waals surface area contributed by atoms with Crippen LogP contribution in [-0.2, 0) is 40.6 Å². The van der Waals surface area contributed by atoms with E-state index in [4.69, 9.17) is 38.6 Å². The van der Waals surface area contributed by atoms with E-state index in [9.17, 15) is 35.4 Å². The molecule has 16 heteroatoms. The zero-order valence-corrected chi connectivity index (χ0v) is 34.5. The maximum absolute atomic E-state index is 14.1. The predicted molar refractivity (Wildman–Crippen MR) is 214 cm³/mol. The molecular weight excluding hydrogens is 768 g/mol. The molecule has 4 fully saturated rings. The molecule has 3 aromatic carbocycles. The van der Waals surface area contributed by atoms with Gasteiger partial charge < -0.3 is 74.1 Å². The molecule has 4 saturated heterocycles. The van der Waals surface area contributed by atoms with E-state index in [1.807, 2.05) is 32.8 Å². The summed E-state index contributed by atoms with van der Waals surface area (Å²) in [6.45, 7) is 10.4. The van der Waals surface area contributed by atoms with Gasteiger partial charge in [-0.2, -0.15) is 0 Å². The van der Waals surface area contributed by atoms with Gasteiger partial charge >= 0.3 is 0 Å². The first-order valence-electron chi connectivity index (χ1n) is 20.3. The number of hydrogen-bond donors (Lipinski definition) is 7. The first kappa shape index (κ1) is 42.1. The first-order valence-corrected chi connectivity index (χ1v) is 20.3. The molecule has 4 aliphatic heterocycles. The van der Waals surface area contributed by atoms with Crippen molar-refractivity contribution in [2.45, 2.75) is 152 Å². The molecule has 4 aliphatic rings. The quantitative estimate of drug-likeness (QED) is 0.0581.